The molecule has 0 aromatic rings. The number of carbonyl (C=O) groups is 1. The highest BCUT2D eigenvalue weighted by Crippen LogP contribution is 2.31. The number of carbonyl (C=O) groups excluding carboxylic acids is 1. The van der Waals surface area contributed by atoms with Crippen LogP contribution in [0.2, 0.25) is 0 Å². The number of unbranched alkanes of at least 4 members (excludes halogenated alkanes) is 2. The van der Waals surface area contributed by atoms with Gasteiger partial charge in [-0.05, 0) is 6.42 Å². The summed E-state index contributed by atoms with van der Waals surface area (Å²) < 4.78 is 5.14. The summed E-state index contributed by atoms with van der Waals surface area (Å²) in [5.74, 6) is -1.29. The smallest absolute Gasteiger partial charge is 0.198 e. The minimum absolute atomic E-state index is 0.231. The summed E-state index contributed by atoms with van der Waals surface area (Å²) in [6, 6.07) is 0. The SMILES string of the molecule is CCCCCC(O)(C(=O)[C@@H]1O[C@H](CO)[C@@H](O)[C@H](O)[C@H]1O)C(O)C(O)C(O)CO. The van der Waals surface area contributed by atoms with E-state index in [2.05, 4.69) is 0 Å². The van der Waals surface area contributed by atoms with Gasteiger partial charge in [-0.1, -0.05) is 26.2 Å². The summed E-state index contributed by atoms with van der Waals surface area (Å²) in [5, 5.41) is 88.8. The van der Waals surface area contributed by atoms with Crippen LogP contribution in [0.1, 0.15) is 32.6 Å². The zero-order valence-corrected chi connectivity index (χ0v) is 15.7. The van der Waals surface area contributed by atoms with Crippen LogP contribution in [-0.4, -0.2) is 119 Å². The Balaban J connectivity index is 3.19. The van der Waals surface area contributed by atoms with Crippen LogP contribution >= 0.6 is 0 Å². The number of hydrogen-bond acceptors (Lipinski definition) is 11. The molecule has 0 saturated carbocycles. The molecule has 0 amide bonds. The predicted octanol–water partition coefficient (Wildman–Crippen LogP) is -4.22. The van der Waals surface area contributed by atoms with Gasteiger partial charge in [0.25, 0.3) is 0 Å². The Kier molecular flexibility index (Phi) is 9.83. The molecule has 0 aliphatic carbocycles. The molecule has 166 valence electrons. The average molecular weight is 412 g/mol. The van der Waals surface area contributed by atoms with Crippen molar-refractivity contribution >= 4 is 5.78 Å². The molecule has 28 heavy (non-hydrogen) atoms. The highest BCUT2D eigenvalue weighted by Gasteiger charge is 2.55. The Morgan fingerprint density at radius 2 is 1.64 bits per heavy atom. The van der Waals surface area contributed by atoms with Gasteiger partial charge in [0, 0.05) is 0 Å². The van der Waals surface area contributed by atoms with Gasteiger partial charge >= 0.3 is 0 Å². The molecule has 9 N–H and O–H groups in total. The third-order valence-corrected chi connectivity index (χ3v) is 5.13. The van der Waals surface area contributed by atoms with Crippen LogP contribution in [0.4, 0.5) is 0 Å². The van der Waals surface area contributed by atoms with E-state index < -0.39 is 73.4 Å². The van der Waals surface area contributed by atoms with Crippen LogP contribution in [0.3, 0.4) is 0 Å². The summed E-state index contributed by atoms with van der Waals surface area (Å²) in [5.41, 5.74) is -2.70. The molecule has 1 saturated heterocycles. The third-order valence-electron chi connectivity index (χ3n) is 5.13. The molecule has 0 aromatic carbocycles. The van der Waals surface area contributed by atoms with Gasteiger partial charge in [0.2, 0.25) is 0 Å². The fourth-order valence-electron chi connectivity index (χ4n) is 3.23. The van der Waals surface area contributed by atoms with Crippen LogP contribution in [-0.2, 0) is 9.53 Å². The molecule has 9 atom stereocenters. The molecule has 0 aromatic heterocycles. The molecule has 11 nitrogen and oxygen atoms in total. The first kappa shape index (κ1) is 25.3. The van der Waals surface area contributed by atoms with Crippen molar-refractivity contribution in [2.24, 2.45) is 0 Å². The number of rotatable bonds is 11. The molecule has 0 bridgehead atoms. The quantitative estimate of drug-likeness (QED) is 0.149. The van der Waals surface area contributed by atoms with Crippen molar-refractivity contribution in [2.45, 2.75) is 87.0 Å². The summed E-state index contributed by atoms with van der Waals surface area (Å²) in [4.78, 5) is 13.0. The molecule has 4 unspecified atom stereocenters. The van der Waals surface area contributed by atoms with E-state index in [0.29, 0.717) is 12.8 Å². The molecule has 0 spiro atoms. The lowest BCUT2D eigenvalue weighted by atomic mass is 9.77. The van der Waals surface area contributed by atoms with Crippen LogP contribution in [0.5, 0.6) is 0 Å². The topological polar surface area (TPSA) is 208 Å². The van der Waals surface area contributed by atoms with E-state index in [4.69, 9.17) is 9.84 Å². The largest absolute Gasteiger partial charge is 0.394 e. The van der Waals surface area contributed by atoms with Gasteiger partial charge in [-0.15, -0.1) is 0 Å². The van der Waals surface area contributed by atoms with E-state index in [9.17, 15) is 45.6 Å². The number of ketones is 1. The van der Waals surface area contributed by atoms with Crippen molar-refractivity contribution < 1.29 is 55.5 Å². The van der Waals surface area contributed by atoms with Gasteiger partial charge in [0.05, 0.1) is 13.2 Å². The van der Waals surface area contributed by atoms with Gasteiger partial charge in [0.15, 0.2) is 11.4 Å². The lowest BCUT2D eigenvalue weighted by Gasteiger charge is -2.43. The Hall–Kier alpha value is -0.730. The molecule has 1 rings (SSSR count). The second kappa shape index (κ2) is 10.9. The standard InChI is InChI=1S/C17H32O11/c1-2-3-4-5-17(27,15(25)10(21)8(20)6-18)16(26)14-13(24)12(23)11(22)9(7-19)28-14/h8-15,18-25,27H,2-7H2,1H3/t8?,9-,10?,11-,12+,13-,14-,15?,17?/m1/s1. The Bertz CT molecular complexity index is 488. The summed E-state index contributed by atoms with van der Waals surface area (Å²) in [6.45, 7) is 0.105. The minimum atomic E-state index is -2.70. The number of aliphatic hydroxyl groups is 9. The molecular weight excluding hydrogens is 380 g/mol. The normalized spacial score (nSPS) is 33.7. The van der Waals surface area contributed by atoms with E-state index in [0.717, 1.165) is 0 Å². The predicted molar refractivity (Wildman–Crippen MR) is 93.0 cm³/mol. The lowest BCUT2D eigenvalue weighted by molar-refractivity contribution is -0.238. The van der Waals surface area contributed by atoms with Crippen molar-refractivity contribution in [3.05, 3.63) is 0 Å². The van der Waals surface area contributed by atoms with E-state index >= 15 is 0 Å². The van der Waals surface area contributed by atoms with Gasteiger partial charge in [0.1, 0.15) is 48.8 Å². The monoisotopic (exact) mass is 412 g/mol. The van der Waals surface area contributed by atoms with E-state index in [-0.39, 0.29) is 12.8 Å². The maximum Gasteiger partial charge on any atom is 0.198 e. The van der Waals surface area contributed by atoms with Crippen LogP contribution in [0.15, 0.2) is 0 Å². The average Bonchev–Trinajstić information content (AvgIpc) is 2.70. The fourth-order valence-corrected chi connectivity index (χ4v) is 3.23. The zero-order chi connectivity index (χ0) is 21.6. The molecule has 11 heteroatoms. The maximum atomic E-state index is 13.0. The second-order valence-corrected chi connectivity index (χ2v) is 7.18. The molecular formula is C17H32O11. The first-order chi connectivity index (χ1) is 13.1. The molecule has 0 radical (unpaired) electrons. The van der Waals surface area contributed by atoms with E-state index in [1.807, 2.05) is 6.92 Å². The van der Waals surface area contributed by atoms with Crippen LogP contribution in [0, 0.1) is 0 Å². The van der Waals surface area contributed by atoms with Crippen molar-refractivity contribution in [3.8, 4) is 0 Å². The molecule has 1 fully saturated rings. The Morgan fingerprint density at radius 1 is 1.04 bits per heavy atom. The zero-order valence-electron chi connectivity index (χ0n) is 15.7. The lowest BCUT2D eigenvalue weighted by Crippen LogP contribution is -2.67. The number of hydrogen-bond donors (Lipinski definition) is 9. The number of ether oxygens (including phenoxy) is 1. The highest BCUT2D eigenvalue weighted by atomic mass is 16.5. The summed E-state index contributed by atoms with van der Waals surface area (Å²) >= 11 is 0. The molecule has 1 aliphatic heterocycles. The van der Waals surface area contributed by atoms with E-state index in [1.54, 1.807) is 0 Å². The van der Waals surface area contributed by atoms with Crippen molar-refractivity contribution in [2.75, 3.05) is 13.2 Å². The van der Waals surface area contributed by atoms with Crippen LogP contribution in [0.25, 0.3) is 0 Å². The second-order valence-electron chi connectivity index (χ2n) is 7.18. The van der Waals surface area contributed by atoms with Gasteiger partial charge in [-0.3, -0.25) is 4.79 Å². The minimum Gasteiger partial charge on any atom is -0.394 e. The first-order valence-electron chi connectivity index (χ1n) is 9.29. The van der Waals surface area contributed by atoms with Gasteiger partial charge in [-0.2, -0.15) is 0 Å². The van der Waals surface area contributed by atoms with Crippen LogP contribution < -0.4 is 0 Å². The van der Waals surface area contributed by atoms with Gasteiger partial charge in [-0.25, -0.2) is 0 Å². The summed E-state index contributed by atoms with van der Waals surface area (Å²) in [7, 11) is 0. The maximum absolute atomic E-state index is 13.0. The van der Waals surface area contributed by atoms with Crippen molar-refractivity contribution in [3.63, 3.8) is 0 Å². The van der Waals surface area contributed by atoms with E-state index in [1.165, 1.54) is 0 Å². The molecule has 1 aliphatic rings. The fraction of sp³-hybridized carbons (Fsp3) is 0.941. The van der Waals surface area contributed by atoms with Gasteiger partial charge < -0.3 is 50.7 Å². The Morgan fingerprint density at radius 3 is 2.14 bits per heavy atom. The summed E-state index contributed by atoms with van der Waals surface area (Å²) in [6.07, 6.45) is -14.0. The Labute approximate surface area is 162 Å². The highest BCUT2D eigenvalue weighted by molar-refractivity contribution is 5.92. The van der Waals surface area contributed by atoms with Crippen molar-refractivity contribution in [1.82, 2.24) is 0 Å². The molecule has 1 heterocycles. The van der Waals surface area contributed by atoms with Crippen molar-refractivity contribution in [1.29, 1.82) is 0 Å². The number of Topliss-reactive ketones (excluding diaryl/α,β-unsaturated/α-hetero) is 1. The third kappa shape index (κ3) is 5.25. The first-order valence-corrected chi connectivity index (χ1v) is 9.29. The number of aliphatic hydroxyl groups excluding tert-OH is 8.